The smallest absolute Gasteiger partial charge is 0.171 e. The summed E-state index contributed by atoms with van der Waals surface area (Å²) in [5.74, 6) is 0.863. The van der Waals surface area contributed by atoms with E-state index in [1.165, 1.54) is 37.2 Å². The van der Waals surface area contributed by atoms with Crippen LogP contribution in [0.25, 0.3) is 0 Å². The van der Waals surface area contributed by atoms with E-state index in [-0.39, 0.29) is 6.10 Å². The minimum Gasteiger partial charge on any atom is -0.491 e. The van der Waals surface area contributed by atoms with Crippen LogP contribution in [0.4, 0.5) is 11.4 Å². The van der Waals surface area contributed by atoms with E-state index in [0.29, 0.717) is 11.7 Å². The fraction of sp³-hybridized carbons (Fsp3) is 0.381. The highest BCUT2D eigenvalue weighted by Gasteiger charge is 2.11. The molecular formula is C21H27N3OS. The molecule has 0 aromatic heterocycles. The molecule has 1 fully saturated rings. The van der Waals surface area contributed by atoms with E-state index < -0.39 is 0 Å². The van der Waals surface area contributed by atoms with Crippen LogP contribution in [-0.4, -0.2) is 24.3 Å². The molecule has 1 aliphatic heterocycles. The molecule has 0 atom stereocenters. The SMILES string of the molecule is CC(C)Oc1ccc(NC(=S)NCc2ccc(N3CCCC3)cc2)cc1. The number of ether oxygens (including phenoxy) is 1. The normalized spacial score (nSPS) is 13.7. The fourth-order valence-electron chi connectivity index (χ4n) is 3.05. The van der Waals surface area contributed by atoms with Gasteiger partial charge < -0.3 is 20.3 Å². The van der Waals surface area contributed by atoms with Crippen LogP contribution in [0.15, 0.2) is 48.5 Å². The van der Waals surface area contributed by atoms with Crippen molar-refractivity contribution in [2.75, 3.05) is 23.3 Å². The van der Waals surface area contributed by atoms with E-state index in [4.69, 9.17) is 17.0 Å². The Morgan fingerprint density at radius 3 is 2.31 bits per heavy atom. The second kappa shape index (κ2) is 8.90. The molecule has 0 bridgehead atoms. The average molecular weight is 370 g/mol. The van der Waals surface area contributed by atoms with E-state index in [1.54, 1.807) is 0 Å². The summed E-state index contributed by atoms with van der Waals surface area (Å²) in [6.07, 6.45) is 2.77. The molecule has 1 heterocycles. The maximum absolute atomic E-state index is 5.65. The Balaban J connectivity index is 1.46. The molecule has 0 spiro atoms. The summed E-state index contributed by atoms with van der Waals surface area (Å²) in [6, 6.07) is 16.6. The van der Waals surface area contributed by atoms with Gasteiger partial charge in [-0.3, -0.25) is 0 Å². The van der Waals surface area contributed by atoms with Crippen LogP contribution in [0, 0.1) is 0 Å². The first-order chi connectivity index (χ1) is 12.6. The molecule has 138 valence electrons. The summed E-state index contributed by atoms with van der Waals surface area (Å²) >= 11 is 5.39. The molecule has 0 amide bonds. The Labute approximate surface area is 161 Å². The first kappa shape index (κ1) is 18.5. The van der Waals surface area contributed by atoms with Crippen LogP contribution in [-0.2, 0) is 6.54 Å². The number of hydrogen-bond donors (Lipinski definition) is 2. The van der Waals surface area contributed by atoms with Crippen LogP contribution < -0.4 is 20.3 Å². The van der Waals surface area contributed by atoms with E-state index in [1.807, 2.05) is 38.1 Å². The maximum atomic E-state index is 5.65. The van der Waals surface area contributed by atoms with Gasteiger partial charge in [-0.1, -0.05) is 12.1 Å². The van der Waals surface area contributed by atoms with E-state index >= 15 is 0 Å². The highest BCUT2D eigenvalue weighted by atomic mass is 32.1. The third-order valence-electron chi connectivity index (χ3n) is 4.34. The molecule has 1 aliphatic rings. The van der Waals surface area contributed by atoms with Crippen molar-refractivity contribution in [2.45, 2.75) is 39.3 Å². The van der Waals surface area contributed by atoms with Crippen molar-refractivity contribution in [3.05, 3.63) is 54.1 Å². The molecular weight excluding hydrogens is 342 g/mol. The Kier molecular flexibility index (Phi) is 6.34. The van der Waals surface area contributed by atoms with Gasteiger partial charge in [0.2, 0.25) is 0 Å². The lowest BCUT2D eigenvalue weighted by Crippen LogP contribution is -2.27. The molecule has 0 unspecified atom stereocenters. The van der Waals surface area contributed by atoms with Gasteiger partial charge in [0.05, 0.1) is 6.10 Å². The van der Waals surface area contributed by atoms with Crippen molar-refractivity contribution in [3.63, 3.8) is 0 Å². The van der Waals surface area contributed by atoms with E-state index in [9.17, 15) is 0 Å². The molecule has 5 heteroatoms. The molecule has 26 heavy (non-hydrogen) atoms. The molecule has 3 rings (SSSR count). The fourth-order valence-corrected chi connectivity index (χ4v) is 3.24. The van der Waals surface area contributed by atoms with Crippen molar-refractivity contribution in [1.29, 1.82) is 0 Å². The third kappa shape index (κ3) is 5.36. The Morgan fingerprint density at radius 1 is 1.04 bits per heavy atom. The summed E-state index contributed by atoms with van der Waals surface area (Å²) in [5.41, 5.74) is 3.48. The monoisotopic (exact) mass is 369 g/mol. The van der Waals surface area contributed by atoms with E-state index in [0.717, 1.165) is 11.4 Å². The summed E-state index contributed by atoms with van der Waals surface area (Å²) in [7, 11) is 0. The quantitative estimate of drug-likeness (QED) is 0.730. The standard InChI is InChI=1S/C21H27N3OS/c1-16(2)25-20-11-7-18(8-12-20)23-21(26)22-15-17-5-9-19(10-6-17)24-13-3-4-14-24/h5-12,16H,3-4,13-15H2,1-2H3,(H2,22,23,26). The lowest BCUT2D eigenvalue weighted by Gasteiger charge is -2.18. The zero-order chi connectivity index (χ0) is 18.4. The molecule has 4 nitrogen and oxygen atoms in total. The molecule has 0 aliphatic carbocycles. The van der Waals surface area contributed by atoms with Crippen molar-refractivity contribution in [1.82, 2.24) is 5.32 Å². The van der Waals surface area contributed by atoms with Gasteiger partial charge in [0.25, 0.3) is 0 Å². The Hall–Kier alpha value is -2.27. The second-order valence-electron chi connectivity index (χ2n) is 6.86. The maximum Gasteiger partial charge on any atom is 0.171 e. The van der Waals surface area contributed by atoms with Crippen molar-refractivity contribution < 1.29 is 4.74 Å². The zero-order valence-electron chi connectivity index (χ0n) is 15.5. The third-order valence-corrected chi connectivity index (χ3v) is 4.59. The van der Waals surface area contributed by atoms with Gasteiger partial charge in [0.15, 0.2) is 5.11 Å². The highest BCUT2D eigenvalue weighted by Crippen LogP contribution is 2.20. The molecule has 2 aromatic carbocycles. The minimum absolute atomic E-state index is 0.174. The van der Waals surface area contributed by atoms with Crippen molar-refractivity contribution >= 4 is 28.7 Å². The van der Waals surface area contributed by atoms with Gasteiger partial charge in [-0.15, -0.1) is 0 Å². The molecule has 2 N–H and O–H groups in total. The number of thiocarbonyl (C=S) groups is 1. The van der Waals surface area contributed by atoms with Crippen LogP contribution in [0.1, 0.15) is 32.3 Å². The number of nitrogens with zero attached hydrogens (tertiary/aromatic N) is 1. The van der Waals surface area contributed by atoms with E-state index in [2.05, 4.69) is 39.8 Å². The van der Waals surface area contributed by atoms with Gasteiger partial charge in [0.1, 0.15) is 5.75 Å². The number of benzene rings is 2. The van der Waals surface area contributed by atoms with Crippen molar-refractivity contribution in [2.24, 2.45) is 0 Å². The minimum atomic E-state index is 0.174. The number of hydrogen-bond acceptors (Lipinski definition) is 3. The molecule has 0 saturated carbocycles. The topological polar surface area (TPSA) is 36.5 Å². The van der Waals surface area contributed by atoms with Crippen LogP contribution >= 0.6 is 12.2 Å². The van der Waals surface area contributed by atoms with Crippen LogP contribution in [0.3, 0.4) is 0 Å². The Morgan fingerprint density at radius 2 is 1.69 bits per heavy atom. The summed E-state index contributed by atoms with van der Waals surface area (Å²) in [5, 5.41) is 7.08. The van der Waals surface area contributed by atoms with Crippen molar-refractivity contribution in [3.8, 4) is 5.75 Å². The van der Waals surface area contributed by atoms with Gasteiger partial charge >= 0.3 is 0 Å². The molecule has 2 aromatic rings. The predicted octanol–water partition coefficient (Wildman–Crippen LogP) is 4.56. The lowest BCUT2D eigenvalue weighted by molar-refractivity contribution is 0.242. The predicted molar refractivity (Wildman–Crippen MR) is 113 cm³/mol. The first-order valence-electron chi connectivity index (χ1n) is 9.25. The average Bonchev–Trinajstić information content (AvgIpc) is 3.16. The van der Waals surface area contributed by atoms with Gasteiger partial charge in [-0.25, -0.2) is 0 Å². The lowest BCUT2D eigenvalue weighted by atomic mass is 10.2. The molecule has 0 radical (unpaired) electrons. The summed E-state index contributed by atoms with van der Waals surface area (Å²) in [4.78, 5) is 2.44. The van der Waals surface area contributed by atoms with Gasteiger partial charge in [-0.05, 0) is 80.9 Å². The highest BCUT2D eigenvalue weighted by molar-refractivity contribution is 7.80. The summed E-state index contributed by atoms with van der Waals surface area (Å²) < 4.78 is 5.65. The zero-order valence-corrected chi connectivity index (χ0v) is 16.3. The largest absolute Gasteiger partial charge is 0.491 e. The Bertz CT molecular complexity index is 707. The number of anilines is 2. The second-order valence-corrected chi connectivity index (χ2v) is 7.27. The number of nitrogens with one attached hydrogen (secondary N) is 2. The first-order valence-corrected chi connectivity index (χ1v) is 9.66. The van der Waals surface area contributed by atoms with Crippen LogP contribution in [0.5, 0.6) is 5.75 Å². The molecule has 1 saturated heterocycles. The summed E-state index contributed by atoms with van der Waals surface area (Å²) in [6.45, 7) is 7.09. The number of rotatable bonds is 6. The van der Waals surface area contributed by atoms with Crippen LogP contribution in [0.2, 0.25) is 0 Å². The van der Waals surface area contributed by atoms with Gasteiger partial charge in [0, 0.05) is 31.0 Å². The van der Waals surface area contributed by atoms with Gasteiger partial charge in [-0.2, -0.15) is 0 Å².